The number of halogens is 3. The van der Waals surface area contributed by atoms with Crippen LogP contribution in [0.2, 0.25) is 5.02 Å². The summed E-state index contributed by atoms with van der Waals surface area (Å²) < 4.78 is 5.08. The van der Waals surface area contributed by atoms with Gasteiger partial charge in [0.1, 0.15) is 0 Å². The van der Waals surface area contributed by atoms with Crippen molar-refractivity contribution in [1.82, 2.24) is 0 Å². The molecule has 1 N–H and O–H groups in total. The number of aryl methyl sites for hydroxylation is 1. The Labute approximate surface area is 216 Å². The van der Waals surface area contributed by atoms with Crippen molar-refractivity contribution < 1.29 is 23.9 Å². The smallest absolute Gasteiger partial charge is 0.338 e. The fourth-order valence-corrected chi connectivity index (χ4v) is 6.51. The van der Waals surface area contributed by atoms with Crippen molar-refractivity contribution in [2.24, 2.45) is 23.7 Å². The molecule has 2 aromatic rings. The maximum absolute atomic E-state index is 13.1. The van der Waals surface area contributed by atoms with Crippen molar-refractivity contribution in [2.75, 3.05) is 16.8 Å². The first-order valence-electron chi connectivity index (χ1n) is 11.2. The summed E-state index contributed by atoms with van der Waals surface area (Å²) >= 11 is 18.8. The number of amides is 3. The molecule has 1 aliphatic heterocycles. The molecule has 5 rings (SSSR count). The first-order valence-corrected chi connectivity index (χ1v) is 12.4. The summed E-state index contributed by atoms with van der Waals surface area (Å²) in [5, 5.41) is 2.48. The average molecular weight is 536 g/mol. The molecule has 0 aromatic heterocycles. The summed E-state index contributed by atoms with van der Waals surface area (Å²) in [5.41, 5.74) is 1.92. The van der Waals surface area contributed by atoms with Gasteiger partial charge in [0.2, 0.25) is 11.8 Å². The summed E-state index contributed by atoms with van der Waals surface area (Å²) in [5.74, 6) is -2.88. The van der Waals surface area contributed by atoms with Gasteiger partial charge in [-0.25, -0.2) is 4.79 Å². The number of esters is 1. The third-order valence-corrected chi connectivity index (χ3v) is 8.86. The lowest BCUT2D eigenvalue weighted by Crippen LogP contribution is -2.37. The van der Waals surface area contributed by atoms with E-state index in [9.17, 15) is 19.2 Å². The number of nitrogens with zero attached hydrogens (tertiary/aromatic N) is 1. The molecule has 3 aliphatic rings. The number of hydrogen-bond acceptors (Lipinski definition) is 5. The molecule has 2 aromatic carbocycles. The number of anilines is 2. The second-order valence-corrected chi connectivity index (χ2v) is 10.6. The first kappa shape index (κ1) is 24.1. The molecular formula is C25H21Cl3N2O5. The molecule has 2 aliphatic carbocycles. The number of ether oxygens (including phenoxy) is 1. The highest BCUT2D eigenvalue weighted by Gasteiger charge is 2.66. The number of rotatable bonds is 5. The monoisotopic (exact) mass is 534 g/mol. The molecule has 3 fully saturated rings. The number of nitrogens with one attached hydrogen (secondary N) is 1. The molecule has 3 amide bonds. The largest absolute Gasteiger partial charge is 0.452 e. The fourth-order valence-electron chi connectivity index (χ4n) is 5.43. The van der Waals surface area contributed by atoms with Crippen LogP contribution in [-0.2, 0) is 19.1 Å². The Balaban J connectivity index is 1.21. The highest BCUT2D eigenvalue weighted by Crippen LogP contribution is 2.59. The van der Waals surface area contributed by atoms with Gasteiger partial charge in [-0.3, -0.25) is 19.3 Å². The number of imide groups is 1. The number of hydrogen-bond donors (Lipinski definition) is 1. The van der Waals surface area contributed by atoms with E-state index in [-0.39, 0.29) is 40.0 Å². The minimum atomic E-state index is -0.711. The lowest BCUT2D eigenvalue weighted by atomic mass is 9.80. The van der Waals surface area contributed by atoms with Gasteiger partial charge >= 0.3 is 5.97 Å². The average Bonchev–Trinajstić information content (AvgIpc) is 3.45. The van der Waals surface area contributed by atoms with E-state index in [0.29, 0.717) is 22.8 Å². The van der Waals surface area contributed by atoms with Gasteiger partial charge in [-0.2, -0.15) is 0 Å². The number of benzene rings is 2. The molecule has 2 saturated carbocycles. The highest BCUT2D eigenvalue weighted by molar-refractivity contribution is 6.32. The second kappa shape index (κ2) is 9.12. The van der Waals surface area contributed by atoms with E-state index in [1.807, 2.05) is 6.92 Å². The zero-order valence-electron chi connectivity index (χ0n) is 18.5. The summed E-state index contributed by atoms with van der Waals surface area (Å²) in [6.45, 7) is 1.36. The van der Waals surface area contributed by atoms with Gasteiger partial charge in [0.05, 0.1) is 33.8 Å². The van der Waals surface area contributed by atoms with Crippen LogP contribution in [0.5, 0.6) is 0 Å². The van der Waals surface area contributed by atoms with Gasteiger partial charge in [0, 0.05) is 10.7 Å². The van der Waals surface area contributed by atoms with Crippen LogP contribution in [0.25, 0.3) is 0 Å². The summed E-state index contributed by atoms with van der Waals surface area (Å²) in [6, 6.07) is 11.0. The number of carbonyl (C=O) groups excluding carboxylic acids is 4. The summed E-state index contributed by atoms with van der Waals surface area (Å²) in [4.78, 5) is 51.8. The van der Waals surface area contributed by atoms with E-state index in [4.69, 9.17) is 39.5 Å². The van der Waals surface area contributed by atoms with Crippen LogP contribution in [0.15, 0.2) is 42.5 Å². The van der Waals surface area contributed by atoms with E-state index in [1.165, 1.54) is 29.2 Å². The molecule has 2 bridgehead atoms. The lowest BCUT2D eigenvalue weighted by molar-refractivity contribution is -0.123. The number of carbonyl (C=O) groups is 4. The van der Waals surface area contributed by atoms with Crippen LogP contribution in [0.4, 0.5) is 11.4 Å². The molecule has 35 heavy (non-hydrogen) atoms. The quantitative estimate of drug-likeness (QED) is 0.348. The van der Waals surface area contributed by atoms with Gasteiger partial charge < -0.3 is 10.1 Å². The zero-order chi connectivity index (χ0) is 25.0. The van der Waals surface area contributed by atoms with Crippen molar-refractivity contribution in [2.45, 2.75) is 24.1 Å². The summed E-state index contributed by atoms with van der Waals surface area (Å²) in [7, 11) is 0. The standard InChI is InChI=1S/C25H21Cl3N2O5/c1-11-2-5-13(8-17(11)26)29-18(31)10-35-25(34)12-3-6-14(7-4-12)30-23(32)19-15-9-16(20(19)24(30)33)22(28)21(15)27/h2-8,15-16,19-22H,9-10H2,1H3,(H,29,31)/t15-,16-,19-,20-,21+,22+/m1/s1. The molecular weight excluding hydrogens is 515 g/mol. The Hall–Kier alpha value is -2.61. The topological polar surface area (TPSA) is 92.8 Å². The van der Waals surface area contributed by atoms with Gasteiger partial charge in [-0.1, -0.05) is 17.7 Å². The van der Waals surface area contributed by atoms with Crippen LogP contribution in [0, 0.1) is 30.6 Å². The Kier molecular flexibility index (Phi) is 6.28. The van der Waals surface area contributed by atoms with Gasteiger partial charge in [-0.15, -0.1) is 23.2 Å². The van der Waals surface area contributed by atoms with Crippen molar-refractivity contribution in [3.05, 3.63) is 58.6 Å². The lowest BCUT2D eigenvalue weighted by Gasteiger charge is -2.28. The molecule has 6 atom stereocenters. The van der Waals surface area contributed by atoms with Crippen LogP contribution < -0.4 is 10.2 Å². The number of fused-ring (bicyclic) bond motifs is 5. The molecule has 1 saturated heterocycles. The Morgan fingerprint density at radius 2 is 1.60 bits per heavy atom. The third kappa shape index (κ3) is 4.09. The van der Waals surface area contributed by atoms with Crippen LogP contribution in [0.1, 0.15) is 22.3 Å². The molecule has 0 radical (unpaired) electrons. The SMILES string of the molecule is Cc1ccc(NC(=O)COC(=O)c2ccc(N3C(=O)[C@@H]4[C@H]5C[C@@H]([C@H](Cl)[C@H]5Cl)[C@H]4C3=O)cc2)cc1Cl. The Morgan fingerprint density at radius 3 is 2.17 bits per heavy atom. The van der Waals surface area contributed by atoms with Crippen molar-refractivity contribution in [3.63, 3.8) is 0 Å². The van der Waals surface area contributed by atoms with E-state index < -0.39 is 30.3 Å². The maximum Gasteiger partial charge on any atom is 0.338 e. The Bertz CT molecular complexity index is 1200. The molecule has 0 unspecified atom stereocenters. The number of alkyl halides is 2. The van der Waals surface area contributed by atoms with Gasteiger partial charge in [-0.05, 0) is 67.1 Å². The maximum atomic E-state index is 13.1. The first-order chi connectivity index (χ1) is 16.7. The predicted octanol–water partition coefficient (Wildman–Crippen LogP) is 4.41. The summed E-state index contributed by atoms with van der Waals surface area (Å²) in [6.07, 6.45) is 0.693. The van der Waals surface area contributed by atoms with Crippen molar-refractivity contribution >= 4 is 69.9 Å². The van der Waals surface area contributed by atoms with E-state index >= 15 is 0 Å². The molecule has 7 nitrogen and oxygen atoms in total. The molecule has 182 valence electrons. The van der Waals surface area contributed by atoms with E-state index in [1.54, 1.807) is 18.2 Å². The van der Waals surface area contributed by atoms with Crippen molar-refractivity contribution in [3.8, 4) is 0 Å². The predicted molar refractivity (Wildman–Crippen MR) is 132 cm³/mol. The Morgan fingerprint density at radius 1 is 1.00 bits per heavy atom. The molecule has 1 heterocycles. The van der Waals surface area contributed by atoms with Crippen molar-refractivity contribution in [1.29, 1.82) is 0 Å². The van der Waals surface area contributed by atoms with Gasteiger partial charge in [0.25, 0.3) is 5.91 Å². The van der Waals surface area contributed by atoms with E-state index in [2.05, 4.69) is 5.32 Å². The van der Waals surface area contributed by atoms with Crippen LogP contribution in [-0.4, -0.2) is 41.1 Å². The normalized spacial score (nSPS) is 28.9. The minimum absolute atomic E-state index is 0.105. The molecule has 0 spiro atoms. The van der Waals surface area contributed by atoms with Gasteiger partial charge in [0.15, 0.2) is 6.61 Å². The third-order valence-electron chi connectivity index (χ3n) is 7.14. The second-order valence-electron chi connectivity index (χ2n) is 9.15. The van der Waals surface area contributed by atoms with E-state index in [0.717, 1.165) is 5.56 Å². The van der Waals surface area contributed by atoms with Crippen LogP contribution >= 0.6 is 34.8 Å². The zero-order valence-corrected chi connectivity index (χ0v) is 20.8. The fraction of sp³-hybridized carbons (Fsp3) is 0.360. The molecule has 10 heteroatoms. The van der Waals surface area contributed by atoms with Crippen LogP contribution in [0.3, 0.4) is 0 Å². The highest BCUT2D eigenvalue weighted by atomic mass is 35.5. The minimum Gasteiger partial charge on any atom is -0.452 e.